The van der Waals surface area contributed by atoms with E-state index in [1.54, 1.807) is 22.7 Å². The molecule has 7 heteroatoms. The molecule has 1 N–H and O–H groups in total. The summed E-state index contributed by atoms with van der Waals surface area (Å²) in [6.45, 7) is 6.05. The molecule has 22 heavy (non-hydrogen) atoms. The molecule has 0 unspecified atom stereocenters. The highest BCUT2D eigenvalue weighted by atomic mass is 32.1. The van der Waals surface area contributed by atoms with E-state index in [1.165, 1.54) is 0 Å². The Kier molecular flexibility index (Phi) is 4.01. The van der Waals surface area contributed by atoms with Gasteiger partial charge in [-0.15, -0.1) is 22.7 Å². The van der Waals surface area contributed by atoms with Gasteiger partial charge in [-0.3, -0.25) is 9.20 Å². The molecule has 5 nitrogen and oxygen atoms in total. The molecule has 0 bridgehead atoms. The number of carbonyl (C=O) groups is 1. The lowest BCUT2D eigenvalue weighted by Crippen LogP contribution is -2.43. The number of fused-ring (bicyclic) bond motifs is 1. The van der Waals surface area contributed by atoms with Gasteiger partial charge in [-0.1, -0.05) is 6.92 Å². The number of thiazole rings is 2. The van der Waals surface area contributed by atoms with Gasteiger partial charge < -0.3 is 5.32 Å². The van der Waals surface area contributed by atoms with Crippen LogP contribution in [-0.4, -0.2) is 20.3 Å². The smallest absolute Gasteiger partial charge is 0.226 e. The van der Waals surface area contributed by atoms with Gasteiger partial charge in [0, 0.05) is 28.8 Å². The highest BCUT2D eigenvalue weighted by molar-refractivity contribution is 7.15. The predicted octanol–water partition coefficient (Wildman–Crippen LogP) is 3.14. The molecule has 0 aliphatic rings. The van der Waals surface area contributed by atoms with E-state index in [1.807, 2.05) is 41.4 Å². The van der Waals surface area contributed by atoms with E-state index in [2.05, 4.69) is 22.2 Å². The average molecular weight is 334 g/mol. The van der Waals surface area contributed by atoms with Crippen LogP contribution in [0.15, 0.2) is 23.2 Å². The summed E-state index contributed by atoms with van der Waals surface area (Å²) in [5.41, 5.74) is 1.36. The van der Waals surface area contributed by atoms with Gasteiger partial charge in [0.25, 0.3) is 0 Å². The molecule has 0 spiro atoms. The van der Waals surface area contributed by atoms with Crippen molar-refractivity contribution in [2.45, 2.75) is 39.2 Å². The maximum atomic E-state index is 12.4. The van der Waals surface area contributed by atoms with Crippen molar-refractivity contribution < 1.29 is 4.79 Å². The molecule has 0 fully saturated rings. The van der Waals surface area contributed by atoms with Crippen molar-refractivity contribution in [1.29, 1.82) is 0 Å². The largest absolute Gasteiger partial charge is 0.344 e. The van der Waals surface area contributed by atoms with Crippen LogP contribution in [0.1, 0.15) is 36.7 Å². The molecule has 0 radical (unpaired) electrons. The average Bonchev–Trinajstić information content (AvgIpc) is 3.14. The Balaban J connectivity index is 1.73. The van der Waals surface area contributed by atoms with E-state index in [0.717, 1.165) is 27.8 Å². The maximum absolute atomic E-state index is 12.4. The van der Waals surface area contributed by atoms with Gasteiger partial charge in [-0.05, 0) is 20.3 Å². The van der Waals surface area contributed by atoms with Crippen LogP contribution in [-0.2, 0) is 16.8 Å². The zero-order chi connectivity index (χ0) is 15.7. The van der Waals surface area contributed by atoms with E-state index < -0.39 is 5.54 Å². The van der Waals surface area contributed by atoms with Gasteiger partial charge in [0.1, 0.15) is 5.01 Å². The van der Waals surface area contributed by atoms with Crippen LogP contribution < -0.4 is 5.32 Å². The quantitative estimate of drug-likeness (QED) is 0.780. The number of hydrogen-bond donors (Lipinski definition) is 1. The topological polar surface area (TPSA) is 59.3 Å². The summed E-state index contributed by atoms with van der Waals surface area (Å²) in [5, 5.41) is 8.06. The second-order valence-corrected chi connectivity index (χ2v) is 7.26. The number of carbonyl (C=O) groups excluding carboxylic acids is 1. The molecule has 1 amide bonds. The van der Waals surface area contributed by atoms with E-state index in [4.69, 9.17) is 0 Å². The normalized spacial score (nSPS) is 14.1. The molecule has 116 valence electrons. The van der Waals surface area contributed by atoms with Crippen LogP contribution in [0.4, 0.5) is 0 Å². The molecule has 3 rings (SSSR count). The van der Waals surface area contributed by atoms with Gasteiger partial charge in [0.15, 0.2) is 4.96 Å². The first kappa shape index (κ1) is 15.2. The van der Waals surface area contributed by atoms with Crippen molar-refractivity contribution in [2.75, 3.05) is 0 Å². The fourth-order valence-corrected chi connectivity index (χ4v) is 3.98. The summed E-state index contributed by atoms with van der Waals surface area (Å²) in [5.74, 6) is -0.0250. The first-order valence-corrected chi connectivity index (χ1v) is 8.91. The van der Waals surface area contributed by atoms with Crippen LogP contribution in [0.2, 0.25) is 0 Å². The van der Waals surface area contributed by atoms with Crippen molar-refractivity contribution in [3.63, 3.8) is 0 Å². The molecule has 0 saturated carbocycles. The minimum Gasteiger partial charge on any atom is -0.344 e. The SMILES string of the molecule is CC[C@@](C)(NC(=O)Cc1cn2ccsc2n1)c1nc(C)cs1. The Morgan fingerprint density at radius 1 is 1.41 bits per heavy atom. The summed E-state index contributed by atoms with van der Waals surface area (Å²) in [7, 11) is 0. The summed E-state index contributed by atoms with van der Waals surface area (Å²) in [6, 6.07) is 0. The summed E-state index contributed by atoms with van der Waals surface area (Å²) in [4.78, 5) is 22.3. The fraction of sp³-hybridized carbons (Fsp3) is 0.400. The Morgan fingerprint density at radius 3 is 2.86 bits per heavy atom. The van der Waals surface area contributed by atoms with Crippen LogP contribution in [0, 0.1) is 6.92 Å². The van der Waals surface area contributed by atoms with Gasteiger partial charge in [0.05, 0.1) is 17.7 Å². The molecule has 3 aromatic heterocycles. The zero-order valence-electron chi connectivity index (χ0n) is 12.8. The number of imidazole rings is 1. The third-order valence-electron chi connectivity index (χ3n) is 3.70. The van der Waals surface area contributed by atoms with Gasteiger partial charge in [0.2, 0.25) is 5.91 Å². The Labute approximate surface area is 137 Å². The minimum atomic E-state index is -0.423. The Morgan fingerprint density at radius 2 is 2.23 bits per heavy atom. The summed E-state index contributed by atoms with van der Waals surface area (Å²) >= 11 is 3.15. The first-order chi connectivity index (χ1) is 10.5. The van der Waals surface area contributed by atoms with Crippen LogP contribution in [0.3, 0.4) is 0 Å². The summed E-state index contributed by atoms with van der Waals surface area (Å²) in [6.07, 6.45) is 4.93. The third kappa shape index (κ3) is 2.91. The lowest BCUT2D eigenvalue weighted by atomic mass is 9.99. The van der Waals surface area contributed by atoms with Crippen LogP contribution in [0.5, 0.6) is 0 Å². The van der Waals surface area contributed by atoms with Gasteiger partial charge in [-0.2, -0.15) is 0 Å². The minimum absolute atomic E-state index is 0.0250. The molecule has 3 heterocycles. The highest BCUT2D eigenvalue weighted by Crippen LogP contribution is 2.27. The fourth-order valence-electron chi connectivity index (χ4n) is 2.28. The predicted molar refractivity (Wildman–Crippen MR) is 89.4 cm³/mol. The van der Waals surface area contributed by atoms with Crippen molar-refractivity contribution >= 4 is 33.5 Å². The maximum Gasteiger partial charge on any atom is 0.226 e. The molecule has 1 atom stereocenters. The van der Waals surface area contributed by atoms with E-state index in [-0.39, 0.29) is 12.3 Å². The standard InChI is InChI=1S/C15H18N4OS2/c1-4-15(3,13-16-10(2)9-22-13)18-12(20)7-11-8-19-5-6-21-14(19)17-11/h5-6,8-9H,4,7H2,1-3H3,(H,18,20)/t15-/m1/s1. The molecule has 0 aliphatic heterocycles. The van der Waals surface area contributed by atoms with Gasteiger partial charge >= 0.3 is 0 Å². The monoisotopic (exact) mass is 334 g/mol. The van der Waals surface area contributed by atoms with Crippen molar-refractivity contribution in [3.05, 3.63) is 39.5 Å². The number of hydrogen-bond acceptors (Lipinski definition) is 5. The van der Waals surface area contributed by atoms with Gasteiger partial charge in [-0.25, -0.2) is 9.97 Å². The number of nitrogens with zero attached hydrogens (tertiary/aromatic N) is 3. The van der Waals surface area contributed by atoms with E-state index in [9.17, 15) is 4.79 Å². The Hall–Kier alpha value is -1.73. The number of aromatic nitrogens is 3. The van der Waals surface area contributed by atoms with Crippen LogP contribution >= 0.6 is 22.7 Å². The number of nitrogens with one attached hydrogen (secondary N) is 1. The zero-order valence-corrected chi connectivity index (χ0v) is 14.4. The van der Waals surface area contributed by atoms with E-state index in [0.29, 0.717) is 0 Å². The lowest BCUT2D eigenvalue weighted by molar-refractivity contribution is -0.122. The molecular formula is C15H18N4OS2. The molecule has 0 saturated heterocycles. The Bertz CT molecular complexity index is 775. The second kappa shape index (κ2) is 5.81. The van der Waals surface area contributed by atoms with Crippen molar-refractivity contribution in [2.24, 2.45) is 0 Å². The van der Waals surface area contributed by atoms with E-state index >= 15 is 0 Å². The van der Waals surface area contributed by atoms with Crippen molar-refractivity contribution in [3.8, 4) is 0 Å². The summed E-state index contributed by atoms with van der Waals surface area (Å²) < 4.78 is 1.94. The van der Waals surface area contributed by atoms with Crippen molar-refractivity contribution in [1.82, 2.24) is 19.7 Å². The lowest BCUT2D eigenvalue weighted by Gasteiger charge is -2.27. The number of rotatable bonds is 5. The highest BCUT2D eigenvalue weighted by Gasteiger charge is 2.29. The molecule has 0 aromatic carbocycles. The van der Waals surface area contributed by atoms with Crippen LogP contribution in [0.25, 0.3) is 4.96 Å². The first-order valence-electron chi connectivity index (χ1n) is 7.15. The second-order valence-electron chi connectivity index (χ2n) is 5.53. The molecule has 3 aromatic rings. The number of amides is 1. The third-order valence-corrected chi connectivity index (χ3v) is 5.69. The molecule has 0 aliphatic carbocycles. The number of aryl methyl sites for hydroxylation is 1. The molecular weight excluding hydrogens is 316 g/mol.